The van der Waals surface area contributed by atoms with Crippen LogP contribution in [-0.2, 0) is 6.42 Å². The summed E-state index contributed by atoms with van der Waals surface area (Å²) in [6.07, 6.45) is 5.48. The van der Waals surface area contributed by atoms with Crippen LogP contribution in [0.1, 0.15) is 15.9 Å². The summed E-state index contributed by atoms with van der Waals surface area (Å²) >= 11 is 1.30. The van der Waals surface area contributed by atoms with E-state index in [0.29, 0.717) is 22.2 Å². The van der Waals surface area contributed by atoms with Crippen LogP contribution in [0.15, 0.2) is 59.8 Å². The molecule has 3 aromatic heterocycles. The summed E-state index contributed by atoms with van der Waals surface area (Å²) in [7, 11) is 0. The Morgan fingerprint density at radius 2 is 2.11 bits per heavy atom. The van der Waals surface area contributed by atoms with Crippen LogP contribution in [0.4, 0.5) is 16.5 Å². The number of carbonyl (C=O) groups is 1. The zero-order valence-electron chi connectivity index (χ0n) is 14.6. The fourth-order valence-corrected chi connectivity index (χ4v) is 4.05. The van der Waals surface area contributed by atoms with Crippen LogP contribution in [0.25, 0.3) is 4.96 Å². The van der Waals surface area contributed by atoms with Crippen molar-refractivity contribution in [2.45, 2.75) is 6.42 Å². The standard InChI is InChI=1S/C19H14N6O2S/c26-16-5-8-21-19-25(16)23-18(28-19)22-14-3-4-15-12(10-14)6-9-24(15)17(27)13-2-1-7-20-11-13/h1-5,7-8,10-11H,6,9H2,(H,22,23). The van der Waals surface area contributed by atoms with Crippen molar-refractivity contribution >= 4 is 38.7 Å². The Bertz CT molecular complexity index is 1250. The smallest absolute Gasteiger partial charge is 0.275 e. The second-order valence-electron chi connectivity index (χ2n) is 6.30. The topological polar surface area (TPSA) is 92.5 Å². The molecule has 8 nitrogen and oxygen atoms in total. The van der Waals surface area contributed by atoms with Gasteiger partial charge in [-0.1, -0.05) is 11.3 Å². The first-order valence-electron chi connectivity index (χ1n) is 8.66. The lowest BCUT2D eigenvalue weighted by Crippen LogP contribution is -2.28. The highest BCUT2D eigenvalue weighted by atomic mass is 32.1. The summed E-state index contributed by atoms with van der Waals surface area (Å²) in [5.74, 6) is -0.0517. The molecule has 1 amide bonds. The van der Waals surface area contributed by atoms with E-state index >= 15 is 0 Å². The number of rotatable bonds is 3. The van der Waals surface area contributed by atoms with Gasteiger partial charge in [0.1, 0.15) is 0 Å². The van der Waals surface area contributed by atoms with Crippen LogP contribution in [0, 0.1) is 0 Å². The number of aromatic nitrogens is 4. The largest absolute Gasteiger partial charge is 0.330 e. The van der Waals surface area contributed by atoms with Crippen LogP contribution >= 0.6 is 11.3 Å². The molecule has 9 heteroatoms. The molecule has 1 aliphatic heterocycles. The van der Waals surface area contributed by atoms with Gasteiger partial charge in [-0.15, -0.1) is 5.10 Å². The molecule has 138 valence electrons. The third kappa shape index (κ3) is 2.81. The van der Waals surface area contributed by atoms with Crippen molar-refractivity contribution in [3.8, 4) is 0 Å². The molecule has 28 heavy (non-hydrogen) atoms. The van der Waals surface area contributed by atoms with Crippen LogP contribution in [-0.4, -0.2) is 32.0 Å². The SMILES string of the molecule is O=C(c1cccnc1)N1CCc2cc(Nc3nn4c(=O)ccnc4s3)ccc21. The highest BCUT2D eigenvalue weighted by Gasteiger charge is 2.26. The summed E-state index contributed by atoms with van der Waals surface area (Å²) < 4.78 is 1.27. The molecule has 0 bridgehead atoms. The first-order valence-corrected chi connectivity index (χ1v) is 9.47. The summed E-state index contributed by atoms with van der Waals surface area (Å²) in [5, 5.41) is 8.06. The molecule has 0 radical (unpaired) electrons. The summed E-state index contributed by atoms with van der Waals surface area (Å²) in [5.41, 5.74) is 3.19. The number of fused-ring (bicyclic) bond motifs is 2. The van der Waals surface area contributed by atoms with Crippen LogP contribution in [0.3, 0.4) is 0 Å². The Kier molecular flexibility index (Phi) is 3.87. The molecule has 0 spiro atoms. The fourth-order valence-electron chi connectivity index (χ4n) is 3.25. The van der Waals surface area contributed by atoms with Gasteiger partial charge >= 0.3 is 0 Å². The predicted molar refractivity (Wildman–Crippen MR) is 106 cm³/mol. The van der Waals surface area contributed by atoms with Gasteiger partial charge in [-0.25, -0.2) is 4.98 Å². The van der Waals surface area contributed by atoms with Gasteiger partial charge in [0.25, 0.3) is 11.5 Å². The van der Waals surface area contributed by atoms with E-state index in [9.17, 15) is 9.59 Å². The van der Waals surface area contributed by atoms with Gasteiger partial charge in [0.2, 0.25) is 10.1 Å². The van der Waals surface area contributed by atoms with E-state index < -0.39 is 0 Å². The lowest BCUT2D eigenvalue weighted by atomic mass is 10.1. The van der Waals surface area contributed by atoms with E-state index in [1.165, 1.54) is 28.1 Å². The highest BCUT2D eigenvalue weighted by molar-refractivity contribution is 7.20. The number of nitrogens with zero attached hydrogens (tertiary/aromatic N) is 5. The van der Waals surface area contributed by atoms with Gasteiger partial charge in [0, 0.05) is 42.6 Å². The third-order valence-electron chi connectivity index (χ3n) is 4.55. The maximum absolute atomic E-state index is 12.7. The maximum Gasteiger partial charge on any atom is 0.275 e. The van der Waals surface area contributed by atoms with Gasteiger partial charge in [-0.05, 0) is 42.3 Å². The minimum atomic E-state index is -0.215. The molecule has 4 aromatic rings. The number of amides is 1. The lowest BCUT2D eigenvalue weighted by Gasteiger charge is -2.17. The Hall–Kier alpha value is -3.59. The lowest BCUT2D eigenvalue weighted by molar-refractivity contribution is 0.0989. The maximum atomic E-state index is 12.7. The molecule has 1 aromatic carbocycles. The average molecular weight is 390 g/mol. The molecular formula is C19H14N6O2S. The van der Waals surface area contributed by atoms with Gasteiger partial charge in [0.15, 0.2) is 0 Å². The van der Waals surface area contributed by atoms with Crippen LogP contribution in [0.2, 0.25) is 0 Å². The summed E-state index contributed by atoms with van der Waals surface area (Å²) in [6, 6.07) is 10.7. The van der Waals surface area contributed by atoms with Crippen molar-refractivity contribution in [1.29, 1.82) is 0 Å². The highest BCUT2D eigenvalue weighted by Crippen LogP contribution is 2.33. The number of hydrogen-bond donors (Lipinski definition) is 1. The number of carbonyl (C=O) groups excluding carboxylic acids is 1. The minimum Gasteiger partial charge on any atom is -0.330 e. The first kappa shape index (κ1) is 16.6. The first-order chi connectivity index (χ1) is 13.7. The van der Waals surface area contributed by atoms with Crippen molar-refractivity contribution < 1.29 is 4.79 Å². The molecule has 0 saturated carbocycles. The van der Waals surface area contributed by atoms with E-state index in [0.717, 1.165) is 23.4 Å². The third-order valence-corrected chi connectivity index (χ3v) is 5.39. The number of pyridine rings is 1. The quantitative estimate of drug-likeness (QED) is 0.578. The van der Waals surface area contributed by atoms with Crippen molar-refractivity contribution in [3.63, 3.8) is 0 Å². The van der Waals surface area contributed by atoms with Crippen molar-refractivity contribution in [2.24, 2.45) is 0 Å². The number of benzene rings is 1. The van der Waals surface area contributed by atoms with Gasteiger partial charge < -0.3 is 10.2 Å². The van der Waals surface area contributed by atoms with Crippen LogP contribution < -0.4 is 15.8 Å². The van der Waals surface area contributed by atoms with Crippen molar-refractivity contribution in [3.05, 3.63) is 76.5 Å². The zero-order valence-corrected chi connectivity index (χ0v) is 15.4. The molecule has 0 fully saturated rings. The van der Waals surface area contributed by atoms with E-state index in [1.54, 1.807) is 29.4 Å². The zero-order chi connectivity index (χ0) is 19.1. The second kappa shape index (κ2) is 6.54. The Labute approximate surface area is 163 Å². The van der Waals surface area contributed by atoms with Gasteiger partial charge in [-0.2, -0.15) is 4.52 Å². The van der Waals surface area contributed by atoms with Gasteiger partial charge in [-0.3, -0.25) is 14.6 Å². The fraction of sp³-hybridized carbons (Fsp3) is 0.105. The Morgan fingerprint density at radius 1 is 1.18 bits per heavy atom. The number of hydrogen-bond acceptors (Lipinski definition) is 7. The molecule has 4 heterocycles. The monoisotopic (exact) mass is 390 g/mol. The van der Waals surface area contributed by atoms with E-state index in [-0.39, 0.29) is 11.5 Å². The van der Waals surface area contributed by atoms with E-state index in [2.05, 4.69) is 20.4 Å². The Morgan fingerprint density at radius 3 is 2.93 bits per heavy atom. The molecule has 1 N–H and O–H groups in total. The molecule has 0 aliphatic carbocycles. The van der Waals surface area contributed by atoms with E-state index in [4.69, 9.17) is 0 Å². The molecule has 0 saturated heterocycles. The van der Waals surface area contributed by atoms with Crippen LogP contribution in [0.5, 0.6) is 0 Å². The minimum absolute atomic E-state index is 0.0517. The summed E-state index contributed by atoms with van der Waals surface area (Å²) in [6.45, 7) is 0.632. The molecule has 5 rings (SSSR count). The summed E-state index contributed by atoms with van der Waals surface area (Å²) in [4.78, 5) is 35.0. The number of nitrogens with one attached hydrogen (secondary N) is 1. The van der Waals surface area contributed by atoms with Crippen molar-refractivity contribution in [1.82, 2.24) is 19.6 Å². The Balaban J connectivity index is 1.41. The van der Waals surface area contributed by atoms with E-state index in [1.807, 2.05) is 18.2 Å². The second-order valence-corrected chi connectivity index (χ2v) is 7.26. The average Bonchev–Trinajstić information content (AvgIpc) is 3.32. The molecular weight excluding hydrogens is 376 g/mol. The number of anilines is 3. The molecule has 1 aliphatic rings. The van der Waals surface area contributed by atoms with Crippen molar-refractivity contribution in [2.75, 3.05) is 16.8 Å². The molecule has 0 atom stereocenters. The molecule has 0 unspecified atom stereocenters. The van der Waals surface area contributed by atoms with Gasteiger partial charge in [0.05, 0.1) is 5.56 Å². The predicted octanol–water partition coefficient (Wildman–Crippen LogP) is 2.49. The normalized spacial score (nSPS) is 12.9.